The largest absolute Gasteiger partial charge is 0.377 e. The van der Waals surface area contributed by atoms with Crippen LogP contribution in [-0.4, -0.2) is 32.4 Å². The van der Waals surface area contributed by atoms with Gasteiger partial charge in [0, 0.05) is 6.54 Å². The second kappa shape index (κ2) is 7.51. The van der Waals surface area contributed by atoms with Crippen molar-refractivity contribution in [1.82, 2.24) is 19.8 Å². The lowest BCUT2D eigenvalue weighted by molar-refractivity contribution is 0.244. The van der Waals surface area contributed by atoms with Gasteiger partial charge in [-0.05, 0) is 47.2 Å². The van der Waals surface area contributed by atoms with Crippen LogP contribution in [0, 0.1) is 17.5 Å². The van der Waals surface area contributed by atoms with E-state index in [0.717, 1.165) is 23.1 Å². The maximum Gasteiger partial charge on any atom is 0.377 e. The van der Waals surface area contributed by atoms with E-state index in [1.54, 1.807) is 6.92 Å². The molecular weight excluding hydrogens is 375 g/mol. The van der Waals surface area contributed by atoms with Crippen LogP contribution in [0.4, 0.5) is 23.7 Å². The summed E-state index contributed by atoms with van der Waals surface area (Å²) in [6.07, 6.45) is 1.43. The van der Waals surface area contributed by atoms with Gasteiger partial charge in [-0.1, -0.05) is 24.8 Å². The third-order valence-electron chi connectivity index (χ3n) is 3.96. The highest BCUT2D eigenvalue weighted by atomic mass is 19.1. The summed E-state index contributed by atoms with van der Waals surface area (Å²) in [5.41, 5.74) is -1.56. The van der Waals surface area contributed by atoms with E-state index in [9.17, 15) is 22.8 Å². The number of carbonyl (C=O) groups is 1. The molecule has 0 atom stereocenters. The number of nitrogens with zero attached hydrogens (tertiary/aromatic N) is 5. The second-order valence-electron chi connectivity index (χ2n) is 5.60. The molecule has 1 heterocycles. The Morgan fingerprint density at radius 1 is 1.14 bits per heavy atom. The van der Waals surface area contributed by atoms with Crippen molar-refractivity contribution >= 4 is 17.8 Å². The van der Waals surface area contributed by atoms with Crippen LogP contribution in [0.15, 0.2) is 47.8 Å². The summed E-state index contributed by atoms with van der Waals surface area (Å²) in [4.78, 5) is 26.1. The van der Waals surface area contributed by atoms with Crippen molar-refractivity contribution in [1.29, 1.82) is 0 Å². The van der Waals surface area contributed by atoms with Gasteiger partial charge in [0.05, 0.1) is 5.69 Å². The average molecular weight is 389 g/mol. The van der Waals surface area contributed by atoms with E-state index in [1.165, 1.54) is 24.3 Å². The molecule has 0 spiro atoms. The lowest BCUT2D eigenvalue weighted by atomic mass is 10.2. The molecule has 0 saturated heterocycles. The molecule has 3 rings (SSSR count). The Hall–Kier alpha value is -3.69. The average Bonchev–Trinajstić information content (AvgIpc) is 3.04. The van der Waals surface area contributed by atoms with Gasteiger partial charge >= 0.3 is 11.7 Å². The standard InChI is InChI=1S/C18H14F3N5O2/c1-3-11-8-9-15(14(21)10-11)24(4-2)17(27)26-18(28)25(22-23-26)16-12(19)6-5-7-13(16)20/h3,5-10H,1,4H2,2H3. The van der Waals surface area contributed by atoms with Crippen LogP contribution in [0.1, 0.15) is 12.5 Å². The number of benzene rings is 2. The van der Waals surface area contributed by atoms with Crippen molar-refractivity contribution in [3.63, 3.8) is 0 Å². The van der Waals surface area contributed by atoms with Gasteiger partial charge in [0.25, 0.3) is 0 Å². The molecule has 144 valence electrons. The predicted octanol–water partition coefficient (Wildman–Crippen LogP) is 2.98. The highest BCUT2D eigenvalue weighted by Gasteiger charge is 2.25. The molecule has 0 N–H and O–H groups in total. The molecule has 0 saturated carbocycles. The van der Waals surface area contributed by atoms with E-state index in [1.807, 2.05) is 0 Å². The molecule has 10 heteroatoms. The van der Waals surface area contributed by atoms with E-state index < -0.39 is 34.9 Å². The normalized spacial score (nSPS) is 10.7. The number of amides is 1. The Morgan fingerprint density at radius 3 is 2.39 bits per heavy atom. The molecule has 1 aromatic heterocycles. The van der Waals surface area contributed by atoms with Crippen LogP contribution in [0.25, 0.3) is 11.8 Å². The number of rotatable bonds is 4. The summed E-state index contributed by atoms with van der Waals surface area (Å²) >= 11 is 0. The monoisotopic (exact) mass is 389 g/mol. The first-order valence-corrected chi connectivity index (χ1v) is 8.12. The summed E-state index contributed by atoms with van der Waals surface area (Å²) in [5, 5.41) is 6.76. The Kier molecular flexibility index (Phi) is 5.12. The number of carbonyl (C=O) groups excluding carboxylic acids is 1. The maximum absolute atomic E-state index is 14.4. The Morgan fingerprint density at radius 2 is 1.82 bits per heavy atom. The number of aromatic nitrogens is 4. The molecule has 0 aliphatic heterocycles. The first-order valence-electron chi connectivity index (χ1n) is 8.12. The Labute approximate surface area is 156 Å². The zero-order valence-corrected chi connectivity index (χ0v) is 14.6. The van der Waals surface area contributed by atoms with Crippen LogP contribution in [-0.2, 0) is 0 Å². The van der Waals surface area contributed by atoms with E-state index >= 15 is 0 Å². The lowest BCUT2D eigenvalue weighted by Crippen LogP contribution is -2.41. The van der Waals surface area contributed by atoms with Crippen LogP contribution in [0.5, 0.6) is 0 Å². The summed E-state index contributed by atoms with van der Waals surface area (Å²) in [6.45, 7) is 5.09. The fraction of sp³-hybridized carbons (Fsp3) is 0.111. The zero-order chi connectivity index (χ0) is 20.4. The van der Waals surface area contributed by atoms with Gasteiger partial charge in [0.15, 0.2) is 11.6 Å². The first-order chi connectivity index (χ1) is 13.4. The van der Waals surface area contributed by atoms with Crippen LogP contribution >= 0.6 is 0 Å². The summed E-state index contributed by atoms with van der Waals surface area (Å²) in [5.74, 6) is -2.83. The molecule has 3 aromatic rings. The molecule has 0 aliphatic rings. The van der Waals surface area contributed by atoms with Gasteiger partial charge < -0.3 is 0 Å². The maximum atomic E-state index is 14.4. The molecule has 0 fully saturated rings. The number of hydrogen-bond donors (Lipinski definition) is 0. The SMILES string of the molecule is C=Cc1ccc(N(CC)C(=O)n2nnn(-c3c(F)cccc3F)c2=O)c(F)c1. The summed E-state index contributed by atoms with van der Waals surface area (Å²) in [6, 6.07) is 6.01. The Bertz CT molecular complexity index is 1100. The highest BCUT2D eigenvalue weighted by molar-refractivity contribution is 5.93. The van der Waals surface area contributed by atoms with Crippen molar-refractivity contribution in [3.05, 3.63) is 76.5 Å². The minimum Gasteiger partial charge on any atom is -0.290 e. The molecule has 1 amide bonds. The van der Waals surface area contributed by atoms with Gasteiger partial charge in [0.1, 0.15) is 11.5 Å². The van der Waals surface area contributed by atoms with Crippen LogP contribution < -0.4 is 10.6 Å². The molecule has 7 nitrogen and oxygen atoms in total. The van der Waals surface area contributed by atoms with Crippen LogP contribution in [0.2, 0.25) is 0 Å². The first kappa shape index (κ1) is 19.1. The minimum absolute atomic E-state index is 0.00342. The van der Waals surface area contributed by atoms with Crippen molar-refractivity contribution in [3.8, 4) is 5.69 Å². The van der Waals surface area contributed by atoms with Gasteiger partial charge in [-0.15, -0.1) is 4.68 Å². The number of halogens is 3. The van der Waals surface area contributed by atoms with E-state index in [4.69, 9.17) is 0 Å². The van der Waals surface area contributed by atoms with E-state index in [2.05, 4.69) is 17.0 Å². The lowest BCUT2D eigenvalue weighted by Gasteiger charge is -2.20. The van der Waals surface area contributed by atoms with E-state index in [0.29, 0.717) is 14.9 Å². The number of hydrogen-bond acceptors (Lipinski definition) is 4. The molecular formula is C18H14F3N5O2. The number of anilines is 1. The fourth-order valence-electron chi connectivity index (χ4n) is 2.59. The molecule has 2 aromatic carbocycles. The highest BCUT2D eigenvalue weighted by Crippen LogP contribution is 2.22. The zero-order valence-electron chi connectivity index (χ0n) is 14.6. The molecule has 28 heavy (non-hydrogen) atoms. The second-order valence-corrected chi connectivity index (χ2v) is 5.60. The molecule has 0 bridgehead atoms. The van der Waals surface area contributed by atoms with Crippen molar-refractivity contribution in [2.24, 2.45) is 0 Å². The van der Waals surface area contributed by atoms with E-state index in [-0.39, 0.29) is 12.2 Å². The van der Waals surface area contributed by atoms with Crippen molar-refractivity contribution in [2.75, 3.05) is 11.4 Å². The van der Waals surface area contributed by atoms with Gasteiger partial charge in [0.2, 0.25) is 0 Å². The molecule has 0 unspecified atom stereocenters. The third-order valence-corrected chi connectivity index (χ3v) is 3.96. The predicted molar refractivity (Wildman–Crippen MR) is 95.8 cm³/mol. The quantitative estimate of drug-likeness (QED) is 0.643. The minimum atomic E-state index is -1.20. The van der Waals surface area contributed by atoms with Gasteiger partial charge in [-0.25, -0.2) is 22.8 Å². The van der Waals surface area contributed by atoms with Gasteiger partial charge in [-0.3, -0.25) is 4.90 Å². The Balaban J connectivity index is 2.04. The summed E-state index contributed by atoms with van der Waals surface area (Å²) in [7, 11) is 0. The van der Waals surface area contributed by atoms with Crippen molar-refractivity contribution < 1.29 is 18.0 Å². The number of para-hydroxylation sites is 1. The smallest absolute Gasteiger partial charge is 0.290 e. The molecule has 0 radical (unpaired) electrons. The van der Waals surface area contributed by atoms with Crippen molar-refractivity contribution in [2.45, 2.75) is 6.92 Å². The fourth-order valence-corrected chi connectivity index (χ4v) is 2.59. The summed E-state index contributed by atoms with van der Waals surface area (Å²) < 4.78 is 42.8. The topological polar surface area (TPSA) is 73.0 Å². The van der Waals surface area contributed by atoms with Gasteiger partial charge in [-0.2, -0.15) is 4.68 Å². The third kappa shape index (κ3) is 3.20. The van der Waals surface area contributed by atoms with Crippen LogP contribution in [0.3, 0.4) is 0 Å². The number of tetrazole rings is 1. The molecule has 0 aliphatic carbocycles.